The zero-order chi connectivity index (χ0) is 16.7. The number of fused-ring (bicyclic) bond motifs is 1. The molecule has 0 fully saturated rings. The first-order chi connectivity index (χ1) is 11.6. The van der Waals surface area contributed by atoms with E-state index >= 15 is 0 Å². The van der Waals surface area contributed by atoms with Crippen LogP contribution < -0.4 is 0 Å². The van der Waals surface area contributed by atoms with Crippen LogP contribution in [0.1, 0.15) is 18.9 Å². The van der Waals surface area contributed by atoms with E-state index in [0.29, 0.717) is 15.6 Å². The largest absolute Gasteiger partial charge is 0.484 e. The Bertz CT molecular complexity index is 925. The van der Waals surface area contributed by atoms with Gasteiger partial charge in [-0.05, 0) is 31.6 Å². The van der Waals surface area contributed by atoms with Gasteiger partial charge in [-0.3, -0.25) is 0 Å². The second-order valence-corrected chi connectivity index (χ2v) is 8.20. The Morgan fingerprint density at radius 1 is 0.958 bits per heavy atom. The number of hydrogen-bond donors (Lipinski definition) is 0. The first-order valence-electron chi connectivity index (χ1n) is 8.01. The van der Waals surface area contributed by atoms with Gasteiger partial charge in [0.15, 0.2) is 0 Å². The highest BCUT2D eigenvalue weighted by Crippen LogP contribution is 2.48. The highest BCUT2D eigenvalue weighted by Gasteiger charge is 2.45. The number of benzene rings is 2. The molecule has 1 aliphatic carbocycles. The van der Waals surface area contributed by atoms with E-state index in [1.165, 1.54) is 5.57 Å². The fraction of sp³-hybridized carbons (Fsp3) is 0.200. The molecule has 0 N–H and O–H groups in total. The first-order valence-corrected chi connectivity index (χ1v) is 9.49. The quantitative estimate of drug-likeness (QED) is 0.788. The maximum atomic E-state index is 13.3. The Hall–Kier alpha value is -2.33. The summed E-state index contributed by atoms with van der Waals surface area (Å²) < 4.78 is 32.7. The summed E-state index contributed by atoms with van der Waals surface area (Å²) in [5.41, 5.74) is 1.99. The molecule has 0 radical (unpaired) electrons. The molecule has 4 heteroatoms. The minimum atomic E-state index is -3.59. The van der Waals surface area contributed by atoms with E-state index in [1.807, 2.05) is 49.4 Å². The predicted octanol–water partition coefficient (Wildman–Crippen LogP) is 4.19. The highest BCUT2D eigenvalue weighted by molar-refractivity contribution is 7.95. The fourth-order valence-electron chi connectivity index (χ4n) is 3.50. The number of hydrogen-bond acceptors (Lipinski definition) is 3. The molecule has 2 atom stereocenters. The molecule has 0 bridgehead atoms. The van der Waals surface area contributed by atoms with Crippen LogP contribution in [0.3, 0.4) is 0 Å². The summed E-state index contributed by atoms with van der Waals surface area (Å²) in [7, 11) is -3.59. The van der Waals surface area contributed by atoms with Gasteiger partial charge < -0.3 is 4.74 Å². The average Bonchev–Trinajstić information content (AvgIpc) is 3.12. The average molecular weight is 338 g/mol. The van der Waals surface area contributed by atoms with Gasteiger partial charge in [0, 0.05) is 11.5 Å². The van der Waals surface area contributed by atoms with E-state index in [2.05, 4.69) is 0 Å². The van der Waals surface area contributed by atoms with Crippen molar-refractivity contribution in [2.24, 2.45) is 5.92 Å². The lowest BCUT2D eigenvalue weighted by molar-refractivity contribution is 0.207. The maximum Gasteiger partial charge on any atom is 0.206 e. The van der Waals surface area contributed by atoms with Crippen molar-refractivity contribution < 1.29 is 13.2 Å². The van der Waals surface area contributed by atoms with Gasteiger partial charge in [-0.1, -0.05) is 54.1 Å². The third-order valence-corrected chi connectivity index (χ3v) is 6.54. The standard InChI is InChI=1S/C20H18O3S/c1-14-12-17-18(13-14)23-19(15-8-4-2-5-9-15)20(17)24(21,22)16-10-6-3-7-11-16/h2-11,13,17-18H,12H2,1H3/t17-,18-/m0/s1. The van der Waals surface area contributed by atoms with Crippen LogP contribution >= 0.6 is 0 Å². The van der Waals surface area contributed by atoms with E-state index in [-0.39, 0.29) is 12.0 Å². The number of sulfone groups is 1. The molecule has 1 aliphatic heterocycles. The Morgan fingerprint density at radius 3 is 2.25 bits per heavy atom. The lowest BCUT2D eigenvalue weighted by Crippen LogP contribution is -2.16. The van der Waals surface area contributed by atoms with Crippen molar-refractivity contribution in [1.82, 2.24) is 0 Å². The lowest BCUT2D eigenvalue weighted by atomic mass is 10.0. The summed E-state index contributed by atoms with van der Waals surface area (Å²) in [5.74, 6) is 0.364. The smallest absolute Gasteiger partial charge is 0.206 e. The molecule has 0 amide bonds. The van der Waals surface area contributed by atoms with Crippen LogP contribution in [-0.2, 0) is 14.6 Å². The molecule has 122 valence electrons. The topological polar surface area (TPSA) is 43.4 Å². The summed E-state index contributed by atoms with van der Waals surface area (Å²) >= 11 is 0. The van der Waals surface area contributed by atoms with Crippen molar-refractivity contribution in [3.8, 4) is 0 Å². The van der Waals surface area contributed by atoms with Gasteiger partial charge in [-0.25, -0.2) is 8.42 Å². The van der Waals surface area contributed by atoms with Crippen molar-refractivity contribution in [1.29, 1.82) is 0 Å². The number of rotatable bonds is 3. The molecule has 0 spiro atoms. The Labute approximate surface area is 142 Å². The van der Waals surface area contributed by atoms with E-state index in [0.717, 1.165) is 12.0 Å². The van der Waals surface area contributed by atoms with Gasteiger partial charge >= 0.3 is 0 Å². The van der Waals surface area contributed by atoms with Gasteiger partial charge in [0.05, 0.1) is 9.80 Å². The van der Waals surface area contributed by atoms with Gasteiger partial charge in [-0.2, -0.15) is 0 Å². The third kappa shape index (κ3) is 2.38. The fourth-order valence-corrected chi connectivity index (χ4v) is 5.29. The molecule has 2 aliphatic rings. The minimum absolute atomic E-state index is 0.134. The monoisotopic (exact) mass is 338 g/mol. The molecule has 0 unspecified atom stereocenters. The van der Waals surface area contributed by atoms with Gasteiger partial charge in [0.2, 0.25) is 9.84 Å². The van der Waals surface area contributed by atoms with Gasteiger partial charge in [-0.15, -0.1) is 0 Å². The molecule has 2 aromatic carbocycles. The van der Waals surface area contributed by atoms with Crippen LogP contribution in [0.25, 0.3) is 5.76 Å². The summed E-state index contributed by atoms with van der Waals surface area (Å²) in [5, 5.41) is 0. The predicted molar refractivity (Wildman–Crippen MR) is 93.7 cm³/mol. The number of ether oxygens (including phenoxy) is 1. The SMILES string of the molecule is CC1=C[C@@H]2OC(c3ccccc3)=C(S(=O)(=O)c3ccccc3)[C@H]2C1. The molecule has 24 heavy (non-hydrogen) atoms. The second kappa shape index (κ2) is 5.64. The van der Waals surface area contributed by atoms with Crippen molar-refractivity contribution in [2.75, 3.05) is 0 Å². The third-order valence-electron chi connectivity index (χ3n) is 4.58. The first kappa shape index (κ1) is 15.2. The molecule has 1 heterocycles. The van der Waals surface area contributed by atoms with Crippen LogP contribution in [0.5, 0.6) is 0 Å². The zero-order valence-electron chi connectivity index (χ0n) is 13.3. The van der Waals surface area contributed by atoms with Crippen LogP contribution in [-0.4, -0.2) is 14.5 Å². The maximum absolute atomic E-state index is 13.3. The number of allylic oxidation sites excluding steroid dienone is 1. The highest BCUT2D eigenvalue weighted by atomic mass is 32.2. The van der Waals surface area contributed by atoms with Crippen LogP contribution in [0, 0.1) is 5.92 Å². The van der Waals surface area contributed by atoms with Crippen LogP contribution in [0.2, 0.25) is 0 Å². The second-order valence-electron chi connectivity index (χ2n) is 6.28. The van der Waals surface area contributed by atoms with Crippen molar-refractivity contribution in [3.05, 3.63) is 82.8 Å². The summed E-state index contributed by atoms with van der Waals surface area (Å²) in [6.07, 6.45) is 2.58. The molecular weight excluding hydrogens is 320 g/mol. The molecule has 0 aromatic heterocycles. The Balaban J connectivity index is 1.90. The van der Waals surface area contributed by atoms with Crippen LogP contribution in [0.15, 0.2) is 82.1 Å². The van der Waals surface area contributed by atoms with Crippen LogP contribution in [0.4, 0.5) is 0 Å². The molecule has 2 aromatic rings. The van der Waals surface area contributed by atoms with E-state index < -0.39 is 9.84 Å². The molecule has 3 nitrogen and oxygen atoms in total. The summed E-state index contributed by atoms with van der Waals surface area (Å²) in [6, 6.07) is 18.1. The zero-order valence-corrected chi connectivity index (χ0v) is 14.2. The van der Waals surface area contributed by atoms with E-state index in [1.54, 1.807) is 24.3 Å². The van der Waals surface area contributed by atoms with Gasteiger partial charge in [0.25, 0.3) is 0 Å². The normalized spacial score (nSPS) is 23.0. The Morgan fingerprint density at radius 2 is 1.58 bits per heavy atom. The summed E-state index contributed by atoms with van der Waals surface area (Å²) in [6.45, 7) is 2.02. The minimum Gasteiger partial charge on any atom is -0.484 e. The molecule has 0 saturated heterocycles. The van der Waals surface area contributed by atoms with Crippen molar-refractivity contribution in [3.63, 3.8) is 0 Å². The van der Waals surface area contributed by atoms with Gasteiger partial charge in [0.1, 0.15) is 11.9 Å². The van der Waals surface area contributed by atoms with Crippen molar-refractivity contribution in [2.45, 2.75) is 24.3 Å². The lowest BCUT2D eigenvalue weighted by Gasteiger charge is -2.13. The summed E-state index contributed by atoms with van der Waals surface area (Å²) in [4.78, 5) is 0.736. The Kier molecular flexibility index (Phi) is 3.57. The van der Waals surface area contributed by atoms with E-state index in [9.17, 15) is 8.42 Å². The van der Waals surface area contributed by atoms with Crippen molar-refractivity contribution >= 4 is 15.6 Å². The molecular formula is C20H18O3S. The molecule has 0 saturated carbocycles. The van der Waals surface area contributed by atoms with E-state index in [4.69, 9.17) is 4.74 Å². The molecule has 4 rings (SSSR count).